The number of hydrogen-bond donors (Lipinski definition) is 1. The van der Waals surface area contributed by atoms with E-state index >= 15 is 0 Å². The van der Waals surface area contributed by atoms with Gasteiger partial charge in [-0.15, -0.1) is 0 Å². The van der Waals surface area contributed by atoms with Crippen molar-refractivity contribution in [3.63, 3.8) is 0 Å². The minimum absolute atomic E-state index is 0.0247. The molecule has 0 aliphatic carbocycles. The van der Waals surface area contributed by atoms with Crippen LogP contribution < -0.4 is 14.8 Å². The van der Waals surface area contributed by atoms with E-state index in [1.54, 1.807) is 13.0 Å². The zero-order chi connectivity index (χ0) is 16.7. The average molecular weight is 323 g/mol. The normalized spacial score (nSPS) is 15.4. The van der Waals surface area contributed by atoms with Crippen LogP contribution in [0.25, 0.3) is 0 Å². The molecular weight excluding hydrogens is 298 g/mol. The van der Waals surface area contributed by atoms with E-state index in [0.29, 0.717) is 12.4 Å². The number of nitro groups is 1. The van der Waals surface area contributed by atoms with Crippen LogP contribution in [0.3, 0.4) is 0 Å². The van der Waals surface area contributed by atoms with E-state index < -0.39 is 4.92 Å². The van der Waals surface area contributed by atoms with Crippen LogP contribution in [0.1, 0.15) is 18.9 Å². The van der Waals surface area contributed by atoms with Gasteiger partial charge in [0.2, 0.25) is 5.75 Å². The maximum atomic E-state index is 11.3. The van der Waals surface area contributed by atoms with Crippen LogP contribution in [-0.2, 0) is 6.42 Å². The first-order chi connectivity index (χ1) is 11.2. The lowest BCUT2D eigenvalue weighted by Crippen LogP contribution is -2.43. The van der Waals surface area contributed by atoms with Gasteiger partial charge in [0.05, 0.1) is 18.6 Å². The third-order valence-corrected chi connectivity index (χ3v) is 3.95. The first-order valence-corrected chi connectivity index (χ1v) is 8.07. The van der Waals surface area contributed by atoms with Crippen molar-refractivity contribution in [3.8, 4) is 11.5 Å². The number of nitrogens with zero attached hydrogens (tertiary/aromatic N) is 2. The standard InChI is InChI=1S/C16H25N3O4/c1-3-23-16-14(19(20)21)11-13(12-15(16)22-2)5-4-8-18-9-6-17-7-10-18/h11-12,17H,3-10H2,1-2H3. The van der Waals surface area contributed by atoms with Crippen molar-refractivity contribution < 1.29 is 14.4 Å². The van der Waals surface area contributed by atoms with Crippen LogP contribution in [0.4, 0.5) is 5.69 Å². The molecule has 0 radical (unpaired) electrons. The first kappa shape index (κ1) is 17.5. The van der Waals surface area contributed by atoms with Gasteiger partial charge in [-0.2, -0.15) is 0 Å². The smallest absolute Gasteiger partial charge is 0.315 e. The number of piperazine rings is 1. The van der Waals surface area contributed by atoms with E-state index in [9.17, 15) is 10.1 Å². The summed E-state index contributed by atoms with van der Waals surface area (Å²) in [4.78, 5) is 13.3. The molecule has 128 valence electrons. The third-order valence-electron chi connectivity index (χ3n) is 3.95. The maximum Gasteiger partial charge on any atom is 0.315 e. The molecule has 1 fully saturated rings. The quantitative estimate of drug-likeness (QED) is 0.581. The number of nitrogens with one attached hydrogen (secondary N) is 1. The molecule has 1 aliphatic rings. The van der Waals surface area contributed by atoms with Gasteiger partial charge in [0, 0.05) is 32.2 Å². The molecule has 1 aliphatic heterocycles. The van der Waals surface area contributed by atoms with Crippen LogP contribution >= 0.6 is 0 Å². The Balaban J connectivity index is 2.05. The molecule has 0 atom stereocenters. The van der Waals surface area contributed by atoms with Gasteiger partial charge in [-0.1, -0.05) is 0 Å². The van der Waals surface area contributed by atoms with Crippen LogP contribution in [-0.4, -0.2) is 56.3 Å². The SMILES string of the molecule is CCOc1c(OC)cc(CCCN2CCNCC2)cc1[N+](=O)[O-]. The Morgan fingerprint density at radius 2 is 2.09 bits per heavy atom. The van der Waals surface area contributed by atoms with Gasteiger partial charge in [0.15, 0.2) is 5.75 Å². The summed E-state index contributed by atoms with van der Waals surface area (Å²) in [5, 5.41) is 14.6. The first-order valence-electron chi connectivity index (χ1n) is 8.07. The van der Waals surface area contributed by atoms with Crippen molar-refractivity contribution in [2.75, 3.05) is 46.4 Å². The zero-order valence-electron chi connectivity index (χ0n) is 13.8. The average Bonchev–Trinajstić information content (AvgIpc) is 2.56. The summed E-state index contributed by atoms with van der Waals surface area (Å²) in [5.74, 6) is 0.643. The number of nitro benzene ring substituents is 1. The lowest BCUT2D eigenvalue weighted by molar-refractivity contribution is -0.386. The number of ether oxygens (including phenoxy) is 2. The highest BCUT2D eigenvalue weighted by atomic mass is 16.6. The maximum absolute atomic E-state index is 11.3. The number of aryl methyl sites for hydroxylation is 1. The molecule has 1 heterocycles. The molecule has 0 aromatic heterocycles. The van der Waals surface area contributed by atoms with E-state index in [-0.39, 0.29) is 11.4 Å². The fourth-order valence-electron chi connectivity index (χ4n) is 2.81. The Morgan fingerprint density at radius 3 is 2.70 bits per heavy atom. The molecule has 0 unspecified atom stereocenters. The fraction of sp³-hybridized carbons (Fsp3) is 0.625. The third kappa shape index (κ3) is 4.80. The van der Waals surface area contributed by atoms with Gasteiger partial charge < -0.3 is 19.7 Å². The molecule has 1 aromatic rings. The Bertz CT molecular complexity index is 530. The van der Waals surface area contributed by atoms with E-state index in [4.69, 9.17) is 9.47 Å². The number of methoxy groups -OCH3 is 1. The van der Waals surface area contributed by atoms with E-state index in [0.717, 1.165) is 51.1 Å². The molecule has 0 amide bonds. The summed E-state index contributed by atoms with van der Waals surface area (Å²) in [6, 6.07) is 3.45. The van der Waals surface area contributed by atoms with E-state index in [1.165, 1.54) is 7.11 Å². The van der Waals surface area contributed by atoms with E-state index in [2.05, 4.69) is 10.2 Å². The lowest BCUT2D eigenvalue weighted by atomic mass is 10.1. The fourth-order valence-corrected chi connectivity index (χ4v) is 2.81. The molecule has 1 aromatic carbocycles. The van der Waals surface area contributed by atoms with Crippen LogP contribution in [0, 0.1) is 10.1 Å². The highest BCUT2D eigenvalue weighted by molar-refractivity contribution is 5.58. The Labute approximate surface area is 136 Å². The van der Waals surface area contributed by atoms with Crippen LogP contribution in [0.2, 0.25) is 0 Å². The summed E-state index contributed by atoms with van der Waals surface area (Å²) in [6.07, 6.45) is 1.75. The molecule has 7 heteroatoms. The van der Waals surface area contributed by atoms with Crippen LogP contribution in [0.5, 0.6) is 11.5 Å². The predicted molar refractivity (Wildman–Crippen MR) is 88.4 cm³/mol. The number of hydrogen-bond acceptors (Lipinski definition) is 6. The second-order valence-corrected chi connectivity index (χ2v) is 5.53. The molecule has 0 spiro atoms. The summed E-state index contributed by atoms with van der Waals surface area (Å²) in [5.41, 5.74) is 0.885. The van der Waals surface area contributed by atoms with Gasteiger partial charge in [-0.3, -0.25) is 10.1 Å². The molecule has 2 rings (SSSR count). The van der Waals surface area contributed by atoms with Crippen LogP contribution in [0.15, 0.2) is 12.1 Å². The Hall–Kier alpha value is -1.86. The van der Waals surface area contributed by atoms with Gasteiger partial charge in [-0.05, 0) is 37.9 Å². The Morgan fingerprint density at radius 1 is 1.35 bits per heavy atom. The lowest BCUT2D eigenvalue weighted by Gasteiger charge is -2.27. The minimum atomic E-state index is -0.409. The summed E-state index contributed by atoms with van der Waals surface area (Å²) >= 11 is 0. The second-order valence-electron chi connectivity index (χ2n) is 5.53. The topological polar surface area (TPSA) is 76.9 Å². The number of rotatable bonds is 8. The van der Waals surface area contributed by atoms with Gasteiger partial charge in [0.1, 0.15) is 0 Å². The van der Waals surface area contributed by atoms with E-state index in [1.807, 2.05) is 6.07 Å². The summed E-state index contributed by atoms with van der Waals surface area (Å²) in [7, 11) is 1.51. The molecule has 1 saturated heterocycles. The zero-order valence-corrected chi connectivity index (χ0v) is 13.8. The van der Waals surface area contributed by atoms with Gasteiger partial charge >= 0.3 is 5.69 Å². The van der Waals surface area contributed by atoms with Crippen molar-refractivity contribution >= 4 is 5.69 Å². The summed E-state index contributed by atoms with van der Waals surface area (Å²) in [6.45, 7) is 7.35. The van der Waals surface area contributed by atoms with Crippen molar-refractivity contribution in [1.29, 1.82) is 0 Å². The highest BCUT2D eigenvalue weighted by Crippen LogP contribution is 2.38. The highest BCUT2D eigenvalue weighted by Gasteiger charge is 2.22. The van der Waals surface area contributed by atoms with Crippen molar-refractivity contribution in [1.82, 2.24) is 10.2 Å². The van der Waals surface area contributed by atoms with Gasteiger partial charge in [0.25, 0.3) is 0 Å². The molecule has 0 saturated carbocycles. The van der Waals surface area contributed by atoms with Crippen molar-refractivity contribution in [2.45, 2.75) is 19.8 Å². The van der Waals surface area contributed by atoms with Crippen molar-refractivity contribution in [2.24, 2.45) is 0 Å². The molecule has 7 nitrogen and oxygen atoms in total. The molecular formula is C16H25N3O4. The predicted octanol–water partition coefficient (Wildman–Crippen LogP) is 1.84. The Kier molecular flexibility index (Phi) is 6.61. The monoisotopic (exact) mass is 323 g/mol. The van der Waals surface area contributed by atoms with Crippen molar-refractivity contribution in [3.05, 3.63) is 27.8 Å². The molecule has 0 bridgehead atoms. The largest absolute Gasteiger partial charge is 0.493 e. The molecule has 1 N–H and O–H groups in total. The van der Waals surface area contributed by atoms with Gasteiger partial charge in [-0.25, -0.2) is 0 Å². The minimum Gasteiger partial charge on any atom is -0.493 e. The summed E-state index contributed by atoms with van der Waals surface area (Å²) < 4.78 is 10.7. The molecule has 23 heavy (non-hydrogen) atoms. The number of benzene rings is 1. The second kappa shape index (κ2) is 8.69.